The highest BCUT2D eigenvalue weighted by atomic mass is 16.5. The van der Waals surface area contributed by atoms with E-state index in [1.807, 2.05) is 97.1 Å². The minimum atomic E-state index is -0.935. The highest BCUT2D eigenvalue weighted by Gasteiger charge is 2.48. The van der Waals surface area contributed by atoms with E-state index in [4.69, 9.17) is 4.74 Å². The van der Waals surface area contributed by atoms with Crippen molar-refractivity contribution in [1.29, 1.82) is 0 Å². The zero-order valence-corrected chi connectivity index (χ0v) is 15.1. The van der Waals surface area contributed by atoms with Crippen molar-refractivity contribution in [2.75, 3.05) is 7.11 Å². The van der Waals surface area contributed by atoms with Gasteiger partial charge in [0.25, 0.3) is 0 Å². The molecule has 0 radical (unpaired) electrons. The molecule has 0 N–H and O–H groups in total. The zero-order chi connectivity index (χ0) is 18.7. The van der Waals surface area contributed by atoms with Gasteiger partial charge in [-0.1, -0.05) is 91.0 Å². The van der Waals surface area contributed by atoms with Crippen LogP contribution in [0.1, 0.15) is 16.7 Å². The van der Waals surface area contributed by atoms with E-state index < -0.39 is 5.60 Å². The Bertz CT molecular complexity index is 1000. The lowest BCUT2D eigenvalue weighted by Crippen LogP contribution is -2.31. The van der Waals surface area contributed by atoms with Crippen LogP contribution in [0.5, 0.6) is 0 Å². The predicted octanol–water partition coefficient (Wildman–Crippen LogP) is 5.28. The summed E-state index contributed by atoms with van der Waals surface area (Å²) in [6, 6.07) is 29.8. The summed E-state index contributed by atoms with van der Waals surface area (Å²) in [6.45, 7) is 0. The zero-order valence-electron chi connectivity index (χ0n) is 15.1. The van der Waals surface area contributed by atoms with Gasteiger partial charge in [-0.2, -0.15) is 0 Å². The van der Waals surface area contributed by atoms with Gasteiger partial charge in [0.1, 0.15) is 5.60 Å². The molecule has 1 unspecified atom stereocenters. The maximum Gasteiger partial charge on any atom is 0.185 e. The summed E-state index contributed by atoms with van der Waals surface area (Å²) < 4.78 is 6.15. The van der Waals surface area contributed by atoms with Crippen LogP contribution in [0.3, 0.4) is 0 Å². The van der Waals surface area contributed by atoms with Gasteiger partial charge in [0.2, 0.25) is 0 Å². The molecule has 27 heavy (non-hydrogen) atoms. The average molecular weight is 352 g/mol. The van der Waals surface area contributed by atoms with Crippen molar-refractivity contribution in [3.63, 3.8) is 0 Å². The van der Waals surface area contributed by atoms with Gasteiger partial charge in [0.05, 0.1) is 0 Å². The minimum Gasteiger partial charge on any atom is -0.364 e. The van der Waals surface area contributed by atoms with E-state index in [9.17, 15) is 4.79 Å². The van der Waals surface area contributed by atoms with Crippen LogP contribution in [0.25, 0.3) is 11.6 Å². The summed E-state index contributed by atoms with van der Waals surface area (Å²) in [4.78, 5) is 13.1. The third kappa shape index (κ3) is 2.94. The molecule has 3 aromatic carbocycles. The molecule has 0 saturated carbocycles. The van der Waals surface area contributed by atoms with Crippen molar-refractivity contribution in [2.45, 2.75) is 5.60 Å². The van der Waals surface area contributed by atoms with Gasteiger partial charge in [-0.25, -0.2) is 0 Å². The summed E-state index contributed by atoms with van der Waals surface area (Å²) in [5.74, 6) is -0.0246. The van der Waals surface area contributed by atoms with Crippen LogP contribution < -0.4 is 0 Å². The lowest BCUT2D eigenvalue weighted by atomic mass is 9.80. The number of ether oxygens (including phenoxy) is 1. The second-order valence-electron chi connectivity index (χ2n) is 6.51. The smallest absolute Gasteiger partial charge is 0.185 e. The van der Waals surface area contributed by atoms with E-state index >= 15 is 0 Å². The van der Waals surface area contributed by atoms with Gasteiger partial charge < -0.3 is 4.74 Å². The highest BCUT2D eigenvalue weighted by Crippen LogP contribution is 2.50. The number of ketones is 1. The first-order valence-corrected chi connectivity index (χ1v) is 8.95. The van der Waals surface area contributed by atoms with Crippen LogP contribution in [0.2, 0.25) is 0 Å². The van der Waals surface area contributed by atoms with Crippen molar-refractivity contribution in [1.82, 2.24) is 0 Å². The number of methoxy groups -OCH3 is 1. The SMILES string of the molecule is COC1(c2ccccc2)C(=Cc2ccccc2)C(=O)C=C1c1ccccc1. The van der Waals surface area contributed by atoms with Crippen LogP contribution in [0.15, 0.2) is 103 Å². The maximum atomic E-state index is 13.1. The minimum absolute atomic E-state index is 0.0246. The molecule has 0 amide bonds. The number of allylic oxidation sites excluding steroid dienone is 1. The topological polar surface area (TPSA) is 26.3 Å². The van der Waals surface area contributed by atoms with E-state index in [1.165, 1.54) is 0 Å². The summed E-state index contributed by atoms with van der Waals surface area (Å²) in [5.41, 5.74) is 3.45. The number of carbonyl (C=O) groups excluding carboxylic acids is 1. The first kappa shape index (κ1) is 17.2. The van der Waals surface area contributed by atoms with E-state index in [0.717, 1.165) is 22.3 Å². The molecule has 0 aliphatic heterocycles. The summed E-state index contributed by atoms with van der Waals surface area (Å²) in [6.07, 6.45) is 3.64. The Labute approximate surface area is 159 Å². The quantitative estimate of drug-likeness (QED) is 0.597. The molecule has 0 bridgehead atoms. The first-order valence-electron chi connectivity index (χ1n) is 8.95. The van der Waals surface area contributed by atoms with E-state index in [0.29, 0.717) is 5.57 Å². The van der Waals surface area contributed by atoms with Crippen molar-refractivity contribution >= 4 is 17.4 Å². The number of hydrogen-bond acceptors (Lipinski definition) is 2. The normalized spacial score (nSPS) is 20.7. The Balaban J connectivity index is 1.97. The fourth-order valence-electron chi connectivity index (χ4n) is 3.74. The van der Waals surface area contributed by atoms with Gasteiger partial charge >= 0.3 is 0 Å². The Kier molecular flexibility index (Phi) is 4.57. The van der Waals surface area contributed by atoms with E-state index in [-0.39, 0.29) is 5.78 Å². The molecular formula is C25H20O2. The molecule has 0 heterocycles. The van der Waals surface area contributed by atoms with Gasteiger partial charge in [-0.05, 0) is 28.8 Å². The summed E-state index contributed by atoms with van der Waals surface area (Å²) in [5, 5.41) is 0. The number of carbonyl (C=O) groups is 1. The molecule has 4 rings (SSSR count). The highest BCUT2D eigenvalue weighted by molar-refractivity contribution is 6.20. The fraction of sp³-hybridized carbons (Fsp3) is 0.0800. The number of rotatable bonds is 4. The Hall–Kier alpha value is -3.23. The summed E-state index contributed by atoms with van der Waals surface area (Å²) >= 11 is 0. The third-order valence-electron chi connectivity index (χ3n) is 4.98. The van der Waals surface area contributed by atoms with Crippen molar-refractivity contribution in [2.24, 2.45) is 0 Å². The van der Waals surface area contributed by atoms with Gasteiger partial charge in [-0.3, -0.25) is 4.79 Å². The van der Waals surface area contributed by atoms with Crippen LogP contribution in [0.4, 0.5) is 0 Å². The molecule has 0 aromatic heterocycles. The number of benzene rings is 3. The molecule has 2 nitrogen and oxygen atoms in total. The van der Waals surface area contributed by atoms with Crippen LogP contribution in [0, 0.1) is 0 Å². The average Bonchev–Trinajstić information content (AvgIpc) is 3.03. The second-order valence-corrected chi connectivity index (χ2v) is 6.51. The van der Waals surface area contributed by atoms with Crippen molar-refractivity contribution in [3.05, 3.63) is 119 Å². The fourth-order valence-corrected chi connectivity index (χ4v) is 3.74. The Morgan fingerprint density at radius 3 is 1.93 bits per heavy atom. The molecule has 0 saturated heterocycles. The van der Waals surface area contributed by atoms with Gasteiger partial charge in [0, 0.05) is 18.3 Å². The molecule has 1 aliphatic carbocycles. The first-order chi connectivity index (χ1) is 13.3. The number of hydrogen-bond donors (Lipinski definition) is 0. The molecular weight excluding hydrogens is 332 g/mol. The molecule has 2 heteroatoms. The molecule has 0 fully saturated rings. The van der Waals surface area contributed by atoms with Crippen LogP contribution in [-0.2, 0) is 15.1 Å². The third-order valence-corrected chi connectivity index (χ3v) is 4.98. The molecule has 1 aliphatic rings. The van der Waals surface area contributed by atoms with Gasteiger partial charge in [0.15, 0.2) is 5.78 Å². The van der Waals surface area contributed by atoms with Gasteiger partial charge in [-0.15, -0.1) is 0 Å². The van der Waals surface area contributed by atoms with E-state index in [2.05, 4.69) is 0 Å². The molecule has 3 aromatic rings. The molecule has 0 spiro atoms. The van der Waals surface area contributed by atoms with Crippen molar-refractivity contribution < 1.29 is 9.53 Å². The molecule has 1 atom stereocenters. The second kappa shape index (κ2) is 7.18. The lowest BCUT2D eigenvalue weighted by molar-refractivity contribution is -0.112. The predicted molar refractivity (Wildman–Crippen MR) is 109 cm³/mol. The van der Waals surface area contributed by atoms with E-state index in [1.54, 1.807) is 13.2 Å². The Morgan fingerprint density at radius 1 is 0.778 bits per heavy atom. The monoisotopic (exact) mass is 352 g/mol. The lowest BCUT2D eigenvalue weighted by Gasteiger charge is -2.33. The molecule has 132 valence electrons. The summed E-state index contributed by atoms with van der Waals surface area (Å²) in [7, 11) is 1.67. The maximum absolute atomic E-state index is 13.1. The van der Waals surface area contributed by atoms with Crippen molar-refractivity contribution in [3.8, 4) is 0 Å². The largest absolute Gasteiger partial charge is 0.364 e. The Morgan fingerprint density at radius 2 is 1.33 bits per heavy atom. The van der Waals surface area contributed by atoms with Crippen LogP contribution >= 0.6 is 0 Å². The van der Waals surface area contributed by atoms with Crippen LogP contribution in [-0.4, -0.2) is 12.9 Å². The standard InChI is InChI=1S/C25H20O2/c1-27-25(21-15-9-4-10-16-21)22(20-13-7-3-8-14-20)18-24(26)23(25)17-19-11-5-2-6-12-19/h2-18H,1H3.